The molecule has 3 rings (SSSR count). The summed E-state index contributed by atoms with van der Waals surface area (Å²) in [5.41, 5.74) is 3.45. The summed E-state index contributed by atoms with van der Waals surface area (Å²) >= 11 is 0. The van der Waals surface area contributed by atoms with Gasteiger partial charge in [0, 0.05) is 23.4 Å². The van der Waals surface area contributed by atoms with Gasteiger partial charge in [-0.1, -0.05) is 30.3 Å². The third-order valence-electron chi connectivity index (χ3n) is 4.16. The summed E-state index contributed by atoms with van der Waals surface area (Å²) in [7, 11) is 0. The summed E-state index contributed by atoms with van der Waals surface area (Å²) in [5.74, 6) is -0.212. The van der Waals surface area contributed by atoms with E-state index < -0.39 is 0 Å². The lowest BCUT2D eigenvalue weighted by Crippen LogP contribution is -2.22. The molecule has 136 valence electrons. The van der Waals surface area contributed by atoms with Gasteiger partial charge >= 0.3 is 0 Å². The third kappa shape index (κ3) is 4.73. The maximum Gasteiger partial charge on any atom is 0.255 e. The van der Waals surface area contributed by atoms with Gasteiger partial charge < -0.3 is 15.7 Å². The Morgan fingerprint density at radius 2 is 1.52 bits per heavy atom. The van der Waals surface area contributed by atoms with Crippen molar-refractivity contribution in [1.82, 2.24) is 5.32 Å². The lowest BCUT2D eigenvalue weighted by Gasteiger charge is -2.10. The Bertz CT molecular complexity index is 951. The Morgan fingerprint density at radius 1 is 0.852 bits per heavy atom. The number of carbonyl (C=O) groups is 2. The smallest absolute Gasteiger partial charge is 0.255 e. The topological polar surface area (TPSA) is 78.4 Å². The van der Waals surface area contributed by atoms with Gasteiger partial charge in [-0.05, 0) is 60.5 Å². The van der Waals surface area contributed by atoms with Crippen LogP contribution in [0.2, 0.25) is 0 Å². The average molecular weight is 360 g/mol. The molecule has 0 heterocycles. The molecule has 27 heavy (non-hydrogen) atoms. The highest BCUT2D eigenvalue weighted by atomic mass is 16.3. The van der Waals surface area contributed by atoms with Crippen molar-refractivity contribution in [3.63, 3.8) is 0 Å². The summed E-state index contributed by atoms with van der Waals surface area (Å²) in [4.78, 5) is 24.4. The van der Waals surface area contributed by atoms with Crippen LogP contribution in [0.5, 0.6) is 5.75 Å². The number of phenolic OH excluding ortho intramolecular Hbond substituents is 1. The van der Waals surface area contributed by atoms with E-state index >= 15 is 0 Å². The van der Waals surface area contributed by atoms with Gasteiger partial charge in [-0.2, -0.15) is 0 Å². The summed E-state index contributed by atoms with van der Waals surface area (Å²) in [6, 6.07) is 20.8. The Labute approximate surface area is 157 Å². The zero-order valence-electron chi connectivity index (χ0n) is 14.9. The second kappa shape index (κ2) is 8.19. The quantitative estimate of drug-likeness (QED) is 0.604. The molecule has 0 aliphatic carbocycles. The Kier molecular flexibility index (Phi) is 5.52. The fourth-order valence-electron chi connectivity index (χ4n) is 2.63. The van der Waals surface area contributed by atoms with E-state index in [1.54, 1.807) is 36.4 Å². The van der Waals surface area contributed by atoms with Crippen molar-refractivity contribution < 1.29 is 14.7 Å². The van der Waals surface area contributed by atoms with Crippen molar-refractivity contribution in [3.8, 4) is 5.75 Å². The largest absolute Gasteiger partial charge is 0.508 e. The molecule has 0 bridgehead atoms. The summed E-state index contributed by atoms with van der Waals surface area (Å²) in [5, 5.41) is 15.1. The van der Waals surface area contributed by atoms with Gasteiger partial charge in [0.1, 0.15) is 5.75 Å². The fourth-order valence-corrected chi connectivity index (χ4v) is 2.63. The molecule has 5 heteroatoms. The maximum absolute atomic E-state index is 12.4. The van der Waals surface area contributed by atoms with Crippen LogP contribution in [0.4, 0.5) is 5.69 Å². The lowest BCUT2D eigenvalue weighted by atomic mass is 10.1. The molecule has 2 amide bonds. The van der Waals surface area contributed by atoms with Crippen molar-refractivity contribution in [2.45, 2.75) is 13.5 Å². The molecule has 3 aromatic carbocycles. The Morgan fingerprint density at radius 3 is 2.19 bits per heavy atom. The van der Waals surface area contributed by atoms with E-state index in [0.29, 0.717) is 23.4 Å². The standard InChI is InChI=1S/C22H20N2O3/c1-15-13-19(25)11-12-20(15)24-22(27)18-9-7-16(8-10-18)14-23-21(26)17-5-3-2-4-6-17/h2-13,25H,14H2,1H3,(H,23,26)(H,24,27). The van der Waals surface area contributed by atoms with E-state index in [4.69, 9.17) is 0 Å². The molecule has 0 unspecified atom stereocenters. The number of hydrogen-bond donors (Lipinski definition) is 3. The summed E-state index contributed by atoms with van der Waals surface area (Å²) < 4.78 is 0. The monoisotopic (exact) mass is 360 g/mol. The number of anilines is 1. The SMILES string of the molecule is Cc1cc(O)ccc1NC(=O)c1ccc(CNC(=O)c2ccccc2)cc1. The van der Waals surface area contributed by atoms with Gasteiger partial charge in [-0.15, -0.1) is 0 Å². The van der Waals surface area contributed by atoms with E-state index in [1.807, 2.05) is 37.3 Å². The van der Waals surface area contributed by atoms with Crippen molar-refractivity contribution in [2.24, 2.45) is 0 Å². The predicted octanol–water partition coefficient (Wildman–Crippen LogP) is 3.88. The number of amides is 2. The summed E-state index contributed by atoms with van der Waals surface area (Å²) in [6.07, 6.45) is 0. The van der Waals surface area contributed by atoms with Crippen LogP contribution in [0.25, 0.3) is 0 Å². The highest BCUT2D eigenvalue weighted by Crippen LogP contribution is 2.20. The Hall–Kier alpha value is -3.60. The lowest BCUT2D eigenvalue weighted by molar-refractivity contribution is 0.0949. The van der Waals surface area contributed by atoms with E-state index in [9.17, 15) is 14.7 Å². The van der Waals surface area contributed by atoms with Crippen LogP contribution in [0, 0.1) is 6.92 Å². The highest BCUT2D eigenvalue weighted by Gasteiger charge is 2.09. The first kappa shape index (κ1) is 18.2. The normalized spacial score (nSPS) is 10.3. The molecular weight excluding hydrogens is 340 g/mol. The molecule has 0 saturated heterocycles. The van der Waals surface area contributed by atoms with E-state index in [0.717, 1.165) is 11.1 Å². The highest BCUT2D eigenvalue weighted by molar-refractivity contribution is 6.04. The van der Waals surface area contributed by atoms with Gasteiger partial charge in [0.05, 0.1) is 0 Å². The minimum Gasteiger partial charge on any atom is -0.508 e. The molecule has 0 saturated carbocycles. The van der Waals surface area contributed by atoms with Crippen molar-refractivity contribution in [2.75, 3.05) is 5.32 Å². The van der Waals surface area contributed by atoms with Crippen LogP contribution in [-0.2, 0) is 6.54 Å². The van der Waals surface area contributed by atoms with Crippen LogP contribution in [-0.4, -0.2) is 16.9 Å². The molecule has 0 fully saturated rings. The second-order valence-corrected chi connectivity index (χ2v) is 6.20. The van der Waals surface area contributed by atoms with Crippen LogP contribution < -0.4 is 10.6 Å². The summed E-state index contributed by atoms with van der Waals surface area (Å²) in [6.45, 7) is 2.19. The first-order chi connectivity index (χ1) is 13.0. The number of phenols is 1. The molecule has 0 aromatic heterocycles. The van der Waals surface area contributed by atoms with Crippen molar-refractivity contribution in [3.05, 3.63) is 95.1 Å². The molecule has 0 aliphatic heterocycles. The van der Waals surface area contributed by atoms with Gasteiger partial charge in [0.25, 0.3) is 11.8 Å². The average Bonchev–Trinajstić information content (AvgIpc) is 2.69. The van der Waals surface area contributed by atoms with Crippen LogP contribution in [0.1, 0.15) is 31.8 Å². The van der Waals surface area contributed by atoms with Crippen molar-refractivity contribution >= 4 is 17.5 Å². The molecule has 3 aromatic rings. The molecule has 3 N–H and O–H groups in total. The molecular formula is C22H20N2O3. The van der Waals surface area contributed by atoms with Crippen LogP contribution in [0.15, 0.2) is 72.8 Å². The van der Waals surface area contributed by atoms with Gasteiger partial charge in [0.2, 0.25) is 0 Å². The minimum atomic E-state index is -0.233. The van der Waals surface area contributed by atoms with E-state index in [-0.39, 0.29) is 17.6 Å². The maximum atomic E-state index is 12.4. The van der Waals surface area contributed by atoms with E-state index in [1.165, 1.54) is 6.07 Å². The first-order valence-corrected chi connectivity index (χ1v) is 8.56. The number of rotatable bonds is 5. The molecule has 5 nitrogen and oxygen atoms in total. The second-order valence-electron chi connectivity index (χ2n) is 6.20. The fraction of sp³-hybridized carbons (Fsp3) is 0.0909. The number of hydrogen-bond acceptors (Lipinski definition) is 3. The minimum absolute atomic E-state index is 0.139. The molecule has 0 aliphatic rings. The Balaban J connectivity index is 1.59. The zero-order chi connectivity index (χ0) is 19.2. The number of aryl methyl sites for hydroxylation is 1. The number of aromatic hydroxyl groups is 1. The number of benzene rings is 3. The molecule has 0 radical (unpaired) electrons. The van der Waals surface area contributed by atoms with Crippen LogP contribution >= 0.6 is 0 Å². The number of carbonyl (C=O) groups excluding carboxylic acids is 2. The number of nitrogens with one attached hydrogen (secondary N) is 2. The van der Waals surface area contributed by atoms with Gasteiger partial charge in [-0.3, -0.25) is 9.59 Å². The zero-order valence-corrected chi connectivity index (χ0v) is 14.9. The molecule has 0 spiro atoms. The van der Waals surface area contributed by atoms with E-state index in [2.05, 4.69) is 10.6 Å². The molecule has 0 atom stereocenters. The first-order valence-electron chi connectivity index (χ1n) is 8.56. The van der Waals surface area contributed by atoms with Crippen molar-refractivity contribution in [1.29, 1.82) is 0 Å². The third-order valence-corrected chi connectivity index (χ3v) is 4.16. The van der Waals surface area contributed by atoms with Gasteiger partial charge in [0.15, 0.2) is 0 Å². The van der Waals surface area contributed by atoms with Crippen LogP contribution in [0.3, 0.4) is 0 Å². The van der Waals surface area contributed by atoms with Gasteiger partial charge in [-0.25, -0.2) is 0 Å². The predicted molar refractivity (Wildman–Crippen MR) is 105 cm³/mol.